The molecule has 0 unspecified atom stereocenters. The summed E-state index contributed by atoms with van der Waals surface area (Å²) in [5, 5.41) is 12.1. The number of aryl methyl sites for hydroxylation is 1. The number of nitrogens with two attached hydrogens (primary N) is 1. The number of nitrogen functional groups attached to an aromatic ring is 1. The SMILES string of the molecule is Cc1ccc(C(=O)O)cc1NC(=O)c1ccc(Cl)cc1N. The van der Waals surface area contributed by atoms with Gasteiger partial charge in [0, 0.05) is 16.4 Å². The minimum absolute atomic E-state index is 0.0972. The largest absolute Gasteiger partial charge is 0.478 e. The summed E-state index contributed by atoms with van der Waals surface area (Å²) in [7, 11) is 0. The van der Waals surface area contributed by atoms with Gasteiger partial charge >= 0.3 is 5.97 Å². The summed E-state index contributed by atoms with van der Waals surface area (Å²) >= 11 is 5.79. The lowest BCUT2D eigenvalue weighted by atomic mass is 10.1. The molecule has 108 valence electrons. The smallest absolute Gasteiger partial charge is 0.335 e. The van der Waals surface area contributed by atoms with Crippen molar-refractivity contribution in [3.8, 4) is 0 Å². The first-order chi connectivity index (χ1) is 9.88. The Kier molecular flexibility index (Phi) is 4.14. The number of aromatic carboxylic acids is 1. The molecule has 21 heavy (non-hydrogen) atoms. The number of hydrogen-bond acceptors (Lipinski definition) is 3. The van der Waals surface area contributed by atoms with Gasteiger partial charge in [0.1, 0.15) is 0 Å². The van der Waals surface area contributed by atoms with Crippen molar-refractivity contribution in [2.24, 2.45) is 0 Å². The molecule has 2 rings (SSSR count). The summed E-state index contributed by atoms with van der Waals surface area (Å²) in [5.41, 5.74) is 7.56. The van der Waals surface area contributed by atoms with Crippen LogP contribution in [0.25, 0.3) is 0 Å². The molecule has 0 aliphatic carbocycles. The average molecular weight is 305 g/mol. The van der Waals surface area contributed by atoms with E-state index in [-0.39, 0.29) is 16.8 Å². The van der Waals surface area contributed by atoms with E-state index < -0.39 is 11.9 Å². The summed E-state index contributed by atoms with van der Waals surface area (Å²) in [6.07, 6.45) is 0. The van der Waals surface area contributed by atoms with Crippen molar-refractivity contribution in [1.29, 1.82) is 0 Å². The Bertz CT molecular complexity index is 729. The van der Waals surface area contributed by atoms with Crippen molar-refractivity contribution >= 4 is 34.9 Å². The van der Waals surface area contributed by atoms with Gasteiger partial charge in [-0.15, -0.1) is 0 Å². The van der Waals surface area contributed by atoms with Crippen LogP contribution in [-0.2, 0) is 0 Å². The molecule has 6 heteroatoms. The van der Waals surface area contributed by atoms with Crippen LogP contribution in [0.4, 0.5) is 11.4 Å². The number of carboxylic acid groups (broad SMARTS) is 1. The van der Waals surface area contributed by atoms with Crippen LogP contribution in [0.3, 0.4) is 0 Å². The van der Waals surface area contributed by atoms with Gasteiger partial charge in [-0.2, -0.15) is 0 Å². The van der Waals surface area contributed by atoms with E-state index in [9.17, 15) is 9.59 Å². The highest BCUT2D eigenvalue weighted by molar-refractivity contribution is 6.31. The highest BCUT2D eigenvalue weighted by atomic mass is 35.5. The number of nitrogens with one attached hydrogen (secondary N) is 1. The topological polar surface area (TPSA) is 92.4 Å². The summed E-state index contributed by atoms with van der Waals surface area (Å²) in [6, 6.07) is 9.07. The zero-order valence-corrected chi connectivity index (χ0v) is 11.9. The summed E-state index contributed by atoms with van der Waals surface area (Å²) < 4.78 is 0. The van der Waals surface area contributed by atoms with E-state index in [4.69, 9.17) is 22.4 Å². The molecule has 0 heterocycles. The molecule has 0 radical (unpaired) electrons. The Hall–Kier alpha value is -2.53. The van der Waals surface area contributed by atoms with Gasteiger partial charge in [-0.25, -0.2) is 4.79 Å². The van der Waals surface area contributed by atoms with Gasteiger partial charge in [0.2, 0.25) is 0 Å². The molecule has 0 spiro atoms. The molecular weight excluding hydrogens is 292 g/mol. The normalized spacial score (nSPS) is 10.2. The van der Waals surface area contributed by atoms with Gasteiger partial charge in [-0.1, -0.05) is 17.7 Å². The fourth-order valence-corrected chi connectivity index (χ4v) is 2.00. The maximum absolute atomic E-state index is 12.2. The first-order valence-corrected chi connectivity index (χ1v) is 6.46. The average Bonchev–Trinajstić information content (AvgIpc) is 2.40. The third-order valence-electron chi connectivity index (χ3n) is 2.99. The van der Waals surface area contributed by atoms with Gasteiger partial charge in [0.15, 0.2) is 0 Å². The van der Waals surface area contributed by atoms with Gasteiger partial charge < -0.3 is 16.2 Å². The van der Waals surface area contributed by atoms with Crippen molar-refractivity contribution in [2.75, 3.05) is 11.1 Å². The number of rotatable bonds is 3. The summed E-state index contributed by atoms with van der Waals surface area (Å²) in [5.74, 6) is -1.48. The number of halogens is 1. The minimum Gasteiger partial charge on any atom is -0.478 e. The molecule has 0 aliphatic rings. The second kappa shape index (κ2) is 5.85. The molecular formula is C15H13ClN2O3. The number of benzene rings is 2. The predicted molar refractivity (Wildman–Crippen MR) is 82.0 cm³/mol. The summed E-state index contributed by atoms with van der Waals surface area (Å²) in [4.78, 5) is 23.2. The lowest BCUT2D eigenvalue weighted by molar-refractivity contribution is 0.0696. The maximum Gasteiger partial charge on any atom is 0.335 e. The molecule has 0 saturated carbocycles. The van der Waals surface area contributed by atoms with Crippen molar-refractivity contribution in [2.45, 2.75) is 6.92 Å². The summed E-state index contributed by atoms with van der Waals surface area (Å²) in [6.45, 7) is 1.77. The van der Waals surface area contributed by atoms with Crippen LogP contribution in [-0.4, -0.2) is 17.0 Å². The second-order valence-electron chi connectivity index (χ2n) is 4.52. The molecule has 4 N–H and O–H groups in total. The molecule has 2 aromatic carbocycles. The van der Waals surface area contributed by atoms with E-state index in [2.05, 4.69) is 5.32 Å². The van der Waals surface area contributed by atoms with Gasteiger partial charge in [0.05, 0.1) is 11.1 Å². The molecule has 0 bridgehead atoms. The van der Waals surface area contributed by atoms with Crippen LogP contribution in [0, 0.1) is 6.92 Å². The number of anilines is 2. The fraction of sp³-hybridized carbons (Fsp3) is 0.0667. The minimum atomic E-state index is -1.06. The van der Waals surface area contributed by atoms with Gasteiger partial charge in [-0.05, 0) is 42.8 Å². The van der Waals surface area contributed by atoms with Crippen molar-refractivity contribution in [3.63, 3.8) is 0 Å². The fourth-order valence-electron chi connectivity index (χ4n) is 1.82. The lowest BCUT2D eigenvalue weighted by Gasteiger charge is -2.11. The zero-order valence-electron chi connectivity index (χ0n) is 11.2. The first-order valence-electron chi connectivity index (χ1n) is 6.09. The third-order valence-corrected chi connectivity index (χ3v) is 3.23. The molecule has 0 saturated heterocycles. The Labute approximate surface area is 126 Å². The monoisotopic (exact) mass is 304 g/mol. The molecule has 0 aromatic heterocycles. The highest BCUT2D eigenvalue weighted by Crippen LogP contribution is 2.22. The third kappa shape index (κ3) is 3.32. The van der Waals surface area contributed by atoms with Crippen molar-refractivity contribution < 1.29 is 14.7 Å². The number of carbonyl (C=O) groups excluding carboxylic acids is 1. The van der Waals surface area contributed by atoms with Crippen LogP contribution < -0.4 is 11.1 Å². The van der Waals surface area contributed by atoms with E-state index in [0.29, 0.717) is 10.7 Å². The molecule has 5 nitrogen and oxygen atoms in total. The molecule has 0 aliphatic heterocycles. The van der Waals surface area contributed by atoms with E-state index >= 15 is 0 Å². The molecule has 0 atom stereocenters. The van der Waals surface area contributed by atoms with E-state index in [1.54, 1.807) is 19.1 Å². The molecule has 1 amide bonds. The molecule has 0 fully saturated rings. The standard InChI is InChI=1S/C15H13ClN2O3/c1-8-2-3-9(15(20)21)6-13(8)18-14(19)11-5-4-10(16)7-12(11)17/h2-7H,17H2,1H3,(H,18,19)(H,20,21). The lowest BCUT2D eigenvalue weighted by Crippen LogP contribution is -2.15. The van der Waals surface area contributed by atoms with Crippen LogP contribution in [0.5, 0.6) is 0 Å². The van der Waals surface area contributed by atoms with E-state index in [1.165, 1.54) is 24.3 Å². The number of carbonyl (C=O) groups is 2. The second-order valence-corrected chi connectivity index (χ2v) is 4.96. The maximum atomic E-state index is 12.2. The Morgan fingerprint density at radius 1 is 1.19 bits per heavy atom. The quantitative estimate of drug-likeness (QED) is 0.759. The van der Waals surface area contributed by atoms with Crippen molar-refractivity contribution in [3.05, 3.63) is 58.1 Å². The van der Waals surface area contributed by atoms with Crippen LogP contribution in [0.2, 0.25) is 5.02 Å². The van der Waals surface area contributed by atoms with Crippen molar-refractivity contribution in [1.82, 2.24) is 0 Å². The van der Waals surface area contributed by atoms with Crippen LogP contribution >= 0.6 is 11.6 Å². The predicted octanol–water partition coefficient (Wildman–Crippen LogP) is 3.18. The van der Waals surface area contributed by atoms with Gasteiger partial charge in [0.25, 0.3) is 5.91 Å². The Morgan fingerprint density at radius 3 is 2.52 bits per heavy atom. The number of hydrogen-bond donors (Lipinski definition) is 3. The van der Waals surface area contributed by atoms with Gasteiger partial charge in [-0.3, -0.25) is 4.79 Å². The zero-order chi connectivity index (χ0) is 15.6. The Morgan fingerprint density at radius 2 is 1.90 bits per heavy atom. The first kappa shape index (κ1) is 14.9. The van der Waals surface area contributed by atoms with E-state index in [1.807, 2.05) is 0 Å². The number of amides is 1. The highest BCUT2D eigenvalue weighted by Gasteiger charge is 2.13. The van der Waals surface area contributed by atoms with E-state index in [0.717, 1.165) is 5.56 Å². The molecule has 2 aromatic rings. The number of carboxylic acids is 1. The van der Waals surface area contributed by atoms with Crippen LogP contribution in [0.1, 0.15) is 26.3 Å². The Balaban J connectivity index is 2.31. The van der Waals surface area contributed by atoms with Crippen LogP contribution in [0.15, 0.2) is 36.4 Å².